The zero-order chi connectivity index (χ0) is 47.7. The van der Waals surface area contributed by atoms with Crippen molar-refractivity contribution in [1.29, 1.82) is 0 Å². The fraction of sp³-hybridized carbons (Fsp3) is 0.619. The molecule has 0 aliphatic carbocycles. The summed E-state index contributed by atoms with van der Waals surface area (Å²) < 4.78 is 0. The molecule has 1 heterocycles. The lowest BCUT2D eigenvalue weighted by Crippen LogP contribution is -2.61. The van der Waals surface area contributed by atoms with Gasteiger partial charge in [0.25, 0.3) is 0 Å². The molecule has 1 aromatic rings. The van der Waals surface area contributed by atoms with Crippen LogP contribution in [-0.2, 0) is 54.4 Å². The van der Waals surface area contributed by atoms with Gasteiger partial charge < -0.3 is 57.9 Å². The smallest absolute Gasteiger partial charge is 0.325 e. The van der Waals surface area contributed by atoms with Crippen molar-refractivity contribution < 1.29 is 63.3 Å². The van der Waals surface area contributed by atoms with Gasteiger partial charge in [-0.05, 0) is 55.9 Å². The molecule has 1 aromatic carbocycles. The lowest BCUT2D eigenvalue weighted by atomic mass is 9.98. The number of rotatable bonds is 25. The van der Waals surface area contributed by atoms with Gasteiger partial charge in [-0.2, -0.15) is 0 Å². The predicted octanol–water partition coefficient (Wildman–Crippen LogP) is -0.742. The first-order valence-electron chi connectivity index (χ1n) is 21.0. The lowest BCUT2D eigenvalue weighted by molar-refractivity contribution is -0.144. The molecule has 8 atom stereocenters. The number of hydrogen-bond acceptors (Lipinski definition) is 11. The van der Waals surface area contributed by atoms with Crippen LogP contribution in [0.2, 0.25) is 0 Å². The molecule has 21 nitrogen and oxygen atoms in total. The molecule has 21 heteroatoms. The van der Waals surface area contributed by atoms with Gasteiger partial charge in [-0.25, -0.2) is 0 Å². The number of nitrogens with zero attached hydrogens (tertiary/aromatic N) is 1. The number of carbonyl (C=O) groups excluding carboxylic acids is 7. The number of hydrogen-bond donors (Lipinski definition) is 10. The van der Waals surface area contributed by atoms with Gasteiger partial charge in [-0.3, -0.25) is 47.9 Å². The number of aliphatic carboxylic acids is 3. The highest BCUT2D eigenvalue weighted by molar-refractivity contribution is 5.98. The molecule has 1 saturated heterocycles. The van der Waals surface area contributed by atoms with E-state index in [-0.39, 0.29) is 25.8 Å². The van der Waals surface area contributed by atoms with Gasteiger partial charge in [0.2, 0.25) is 41.4 Å². The molecule has 350 valence electrons. The monoisotopic (exact) mass is 888 g/mol. The van der Waals surface area contributed by atoms with Crippen LogP contribution in [0.5, 0.6) is 0 Å². The Kier molecular flexibility index (Phi) is 21.1. The number of amides is 7. The summed E-state index contributed by atoms with van der Waals surface area (Å²) in [6.45, 7) is 11.3. The van der Waals surface area contributed by atoms with Crippen molar-refractivity contribution in [2.45, 2.75) is 142 Å². The highest BCUT2D eigenvalue weighted by Gasteiger charge is 2.41. The summed E-state index contributed by atoms with van der Waals surface area (Å²) in [4.78, 5) is 131. The van der Waals surface area contributed by atoms with E-state index in [1.54, 1.807) is 71.9 Å². The van der Waals surface area contributed by atoms with Crippen LogP contribution in [0.15, 0.2) is 30.3 Å². The number of carboxylic acid groups (broad SMARTS) is 3. The van der Waals surface area contributed by atoms with Gasteiger partial charge in [0.05, 0.1) is 6.04 Å². The van der Waals surface area contributed by atoms with E-state index in [0.29, 0.717) is 12.0 Å². The summed E-state index contributed by atoms with van der Waals surface area (Å²) in [5.41, 5.74) is 6.49. The van der Waals surface area contributed by atoms with Crippen molar-refractivity contribution >= 4 is 59.3 Å². The molecular weight excluding hydrogens is 825 g/mol. The molecule has 11 N–H and O–H groups in total. The van der Waals surface area contributed by atoms with E-state index in [0.717, 1.165) is 0 Å². The molecule has 0 spiro atoms. The second kappa shape index (κ2) is 25.1. The van der Waals surface area contributed by atoms with Crippen LogP contribution in [0.4, 0.5) is 0 Å². The Labute approximate surface area is 366 Å². The maximum atomic E-state index is 14.1. The summed E-state index contributed by atoms with van der Waals surface area (Å²) in [7, 11) is 0. The number of carboxylic acids is 3. The Balaban J connectivity index is 2.31. The molecule has 7 amide bonds. The maximum Gasteiger partial charge on any atom is 0.325 e. The van der Waals surface area contributed by atoms with Gasteiger partial charge in [0.15, 0.2) is 0 Å². The molecule has 1 fully saturated rings. The second-order valence-corrected chi connectivity index (χ2v) is 16.7. The molecule has 0 unspecified atom stereocenters. The maximum absolute atomic E-state index is 14.1. The summed E-state index contributed by atoms with van der Waals surface area (Å²) in [6.07, 6.45) is -1.05. The van der Waals surface area contributed by atoms with Crippen molar-refractivity contribution in [3.8, 4) is 0 Å². The predicted molar refractivity (Wildman–Crippen MR) is 226 cm³/mol. The molecule has 1 aliphatic rings. The van der Waals surface area contributed by atoms with E-state index in [1.807, 2.05) is 0 Å². The van der Waals surface area contributed by atoms with Crippen LogP contribution >= 0.6 is 0 Å². The van der Waals surface area contributed by atoms with E-state index < -0.39 is 145 Å². The summed E-state index contributed by atoms with van der Waals surface area (Å²) >= 11 is 0. The minimum absolute atomic E-state index is 0.0851. The molecular formula is C42H64N8O13. The topological polar surface area (TPSA) is 333 Å². The van der Waals surface area contributed by atoms with E-state index >= 15 is 0 Å². The van der Waals surface area contributed by atoms with E-state index in [4.69, 9.17) is 10.8 Å². The van der Waals surface area contributed by atoms with Gasteiger partial charge in [-0.15, -0.1) is 0 Å². The first-order valence-corrected chi connectivity index (χ1v) is 21.0. The fourth-order valence-corrected chi connectivity index (χ4v) is 6.73. The van der Waals surface area contributed by atoms with Gasteiger partial charge in [0, 0.05) is 25.8 Å². The Bertz CT molecular complexity index is 1810. The van der Waals surface area contributed by atoms with Crippen LogP contribution in [0.25, 0.3) is 0 Å². The molecule has 0 saturated carbocycles. The number of carbonyl (C=O) groups is 10. The standard InChI is InChI=1S/C42H64N8O13/c1-21(2)32(39(59)44-24(7)42(62)63)48-38(58)29-14-11-19-50(29)41(61)34(23(5)6)49-40(60)33(22(3)4)47-36(56)27(16-18-31(53)54)45-37(57)28(20-25-12-9-8-10-13-25)46-35(55)26(43)15-17-30(51)52/h8-10,12-13,21-24,26-29,32-34H,11,14-20,43H2,1-7H3,(H,44,59)(H,45,57)(H,46,55)(H,47,56)(H,48,58)(H,49,60)(H,51,52)(H,53,54)(H,62,63)/t24-,26-,27-,28-,29-,32-,33-,34-/m0/s1. The first kappa shape index (κ1) is 53.0. The molecule has 1 aliphatic heterocycles. The zero-order valence-corrected chi connectivity index (χ0v) is 36.8. The minimum Gasteiger partial charge on any atom is -0.481 e. The zero-order valence-electron chi connectivity index (χ0n) is 36.8. The average molecular weight is 889 g/mol. The van der Waals surface area contributed by atoms with E-state index in [2.05, 4.69) is 31.9 Å². The third-order valence-electron chi connectivity index (χ3n) is 10.5. The van der Waals surface area contributed by atoms with Gasteiger partial charge in [0.1, 0.15) is 42.3 Å². The van der Waals surface area contributed by atoms with Crippen LogP contribution in [0.1, 0.15) is 92.6 Å². The molecule has 2 rings (SSSR count). The van der Waals surface area contributed by atoms with Crippen LogP contribution in [0.3, 0.4) is 0 Å². The highest BCUT2D eigenvalue weighted by Crippen LogP contribution is 2.22. The number of likely N-dealkylation sites (tertiary alicyclic amines) is 1. The van der Waals surface area contributed by atoms with Crippen molar-refractivity contribution in [1.82, 2.24) is 36.8 Å². The normalized spacial score (nSPS) is 17.0. The highest BCUT2D eigenvalue weighted by atomic mass is 16.4. The number of benzene rings is 1. The first-order chi connectivity index (χ1) is 29.4. The Morgan fingerprint density at radius 3 is 1.65 bits per heavy atom. The second-order valence-electron chi connectivity index (χ2n) is 16.7. The lowest BCUT2D eigenvalue weighted by Gasteiger charge is -2.33. The molecule has 63 heavy (non-hydrogen) atoms. The quantitative estimate of drug-likeness (QED) is 0.0579. The molecule has 0 aromatic heterocycles. The summed E-state index contributed by atoms with van der Waals surface area (Å²) in [5, 5.41) is 43.0. The van der Waals surface area contributed by atoms with Gasteiger partial charge in [-0.1, -0.05) is 71.9 Å². The molecule has 0 radical (unpaired) electrons. The Morgan fingerprint density at radius 1 is 0.619 bits per heavy atom. The third kappa shape index (κ3) is 16.9. The van der Waals surface area contributed by atoms with Gasteiger partial charge >= 0.3 is 17.9 Å². The van der Waals surface area contributed by atoms with Crippen molar-refractivity contribution in [3.63, 3.8) is 0 Å². The number of nitrogens with two attached hydrogens (primary N) is 1. The van der Waals surface area contributed by atoms with Crippen LogP contribution in [0, 0.1) is 17.8 Å². The SMILES string of the molecule is CC(C)[C@H](NC(=O)[C@H](CCC(=O)O)NC(=O)[C@H](Cc1ccccc1)NC(=O)[C@@H](N)CCC(=O)O)C(=O)N[C@H](C(=O)N1CCC[C@H]1C(=O)N[C@H](C(=O)N[C@@H](C)C(=O)O)C(C)C)C(C)C. The largest absolute Gasteiger partial charge is 0.481 e. The van der Waals surface area contributed by atoms with E-state index in [1.165, 1.54) is 11.8 Å². The fourth-order valence-electron chi connectivity index (χ4n) is 6.73. The summed E-state index contributed by atoms with van der Waals surface area (Å²) in [6, 6.07) is -1.54. The summed E-state index contributed by atoms with van der Waals surface area (Å²) in [5.74, 6) is -10.7. The Morgan fingerprint density at radius 2 is 1.11 bits per heavy atom. The third-order valence-corrected chi connectivity index (χ3v) is 10.5. The average Bonchev–Trinajstić information content (AvgIpc) is 3.71. The minimum atomic E-state index is -1.53. The van der Waals surface area contributed by atoms with Crippen LogP contribution < -0.4 is 37.6 Å². The van der Waals surface area contributed by atoms with Crippen molar-refractivity contribution in [3.05, 3.63) is 35.9 Å². The Hall–Kier alpha value is -6.12. The number of nitrogens with one attached hydrogen (secondary N) is 6. The van der Waals surface area contributed by atoms with Crippen LogP contribution in [-0.4, -0.2) is 134 Å². The van der Waals surface area contributed by atoms with E-state index in [9.17, 15) is 58.2 Å². The molecule has 0 bridgehead atoms. The van der Waals surface area contributed by atoms with Crippen molar-refractivity contribution in [2.75, 3.05) is 6.54 Å². The van der Waals surface area contributed by atoms with Crippen molar-refractivity contribution in [2.24, 2.45) is 23.5 Å².